The minimum Gasteiger partial charge on any atom is -0.429 e. The van der Waals surface area contributed by atoms with E-state index in [9.17, 15) is 24.3 Å². The Labute approximate surface area is 225 Å². The average Bonchev–Trinajstić information content (AvgIpc) is 2.86. The van der Waals surface area contributed by atoms with Crippen LogP contribution in [0.15, 0.2) is 79.6 Å². The average molecular weight is 519 g/mol. The Morgan fingerprint density at radius 3 is 2.21 bits per heavy atom. The highest BCUT2D eigenvalue weighted by atomic mass is 16.5. The van der Waals surface area contributed by atoms with Gasteiger partial charge in [0.1, 0.15) is 5.76 Å². The normalized spacial score (nSPS) is 27.4. The fraction of sp³-hybridized carbons (Fsp3) is 0.438. The van der Waals surface area contributed by atoms with Gasteiger partial charge in [-0.3, -0.25) is 19.2 Å². The Kier molecular flexibility index (Phi) is 7.73. The summed E-state index contributed by atoms with van der Waals surface area (Å²) in [5.74, 6) is -3.44. The van der Waals surface area contributed by atoms with Crippen molar-refractivity contribution in [2.45, 2.75) is 60.0 Å². The number of rotatable bonds is 9. The number of carbonyl (C=O) groups excluding carboxylic acids is 4. The summed E-state index contributed by atoms with van der Waals surface area (Å²) in [6, 6.07) is 8.22. The topological polar surface area (TPSA) is 97.7 Å². The number of Topliss-reactive ketones (excluding diaryl/α,β-unsaturated/α-hetero) is 3. The van der Waals surface area contributed by atoms with E-state index >= 15 is 0 Å². The van der Waals surface area contributed by atoms with Crippen LogP contribution in [-0.4, -0.2) is 34.5 Å². The highest BCUT2D eigenvalue weighted by Gasteiger charge is 2.76. The number of esters is 1. The molecule has 0 heterocycles. The number of aliphatic hydroxyl groups excluding tert-OH is 1. The SMILES string of the molecule is C=CCC1=C(OC(=O)C(C)(C)C)[C@@]2(CC=C)C[C@@H](C(O)C=C)C(C)(C)[C@@](C(=O)c3ccccc3)(C1=O)C2=O. The zero-order valence-electron chi connectivity index (χ0n) is 23.0. The Balaban J connectivity index is 2.52. The van der Waals surface area contributed by atoms with Crippen molar-refractivity contribution in [3.63, 3.8) is 0 Å². The molecule has 2 bridgehead atoms. The highest BCUT2D eigenvalue weighted by Crippen LogP contribution is 2.66. The van der Waals surface area contributed by atoms with Crippen LogP contribution < -0.4 is 0 Å². The quantitative estimate of drug-likeness (QED) is 0.198. The molecule has 3 rings (SSSR count). The molecule has 0 spiro atoms. The number of aliphatic hydroxyl groups is 1. The Bertz CT molecular complexity index is 1230. The summed E-state index contributed by atoms with van der Waals surface area (Å²) in [7, 11) is 0. The summed E-state index contributed by atoms with van der Waals surface area (Å²) in [5.41, 5.74) is -5.74. The van der Waals surface area contributed by atoms with Gasteiger partial charge in [0.2, 0.25) is 0 Å². The first-order valence-corrected chi connectivity index (χ1v) is 12.9. The summed E-state index contributed by atoms with van der Waals surface area (Å²) in [6.07, 6.45) is 3.26. The number of fused-ring (bicyclic) bond motifs is 2. The molecule has 0 amide bonds. The van der Waals surface area contributed by atoms with Crippen molar-refractivity contribution in [2.75, 3.05) is 0 Å². The number of allylic oxidation sites excluding steroid dienone is 4. The van der Waals surface area contributed by atoms with Gasteiger partial charge in [-0.05, 0) is 51.4 Å². The summed E-state index contributed by atoms with van der Waals surface area (Å²) >= 11 is 0. The zero-order valence-corrected chi connectivity index (χ0v) is 23.0. The van der Waals surface area contributed by atoms with Gasteiger partial charge >= 0.3 is 5.97 Å². The minimum absolute atomic E-state index is 0.00672. The lowest BCUT2D eigenvalue weighted by atomic mass is 9.39. The van der Waals surface area contributed by atoms with Gasteiger partial charge in [0, 0.05) is 11.1 Å². The van der Waals surface area contributed by atoms with Crippen LogP contribution in [0.4, 0.5) is 0 Å². The largest absolute Gasteiger partial charge is 0.429 e. The predicted octanol–water partition coefficient (Wildman–Crippen LogP) is 5.58. The van der Waals surface area contributed by atoms with Gasteiger partial charge in [-0.25, -0.2) is 0 Å². The monoisotopic (exact) mass is 518 g/mol. The third-order valence-electron chi connectivity index (χ3n) is 8.24. The maximum atomic E-state index is 14.9. The van der Waals surface area contributed by atoms with Crippen molar-refractivity contribution < 1.29 is 29.0 Å². The second-order valence-corrected chi connectivity index (χ2v) is 11.9. The molecule has 1 fully saturated rings. The van der Waals surface area contributed by atoms with Crippen LogP contribution in [-0.2, 0) is 19.1 Å². The number of hydrogen-bond acceptors (Lipinski definition) is 6. The maximum absolute atomic E-state index is 14.9. The zero-order chi connectivity index (χ0) is 28.7. The number of carbonyl (C=O) groups is 4. The van der Waals surface area contributed by atoms with E-state index in [0.29, 0.717) is 0 Å². The van der Waals surface area contributed by atoms with Gasteiger partial charge < -0.3 is 9.84 Å². The number of ketones is 3. The molecule has 1 saturated carbocycles. The Hall–Kier alpha value is -3.38. The van der Waals surface area contributed by atoms with Crippen molar-refractivity contribution in [3.8, 4) is 0 Å². The van der Waals surface area contributed by atoms with E-state index in [0.717, 1.165) is 0 Å². The van der Waals surface area contributed by atoms with E-state index in [1.807, 2.05) is 0 Å². The molecular weight excluding hydrogens is 480 g/mol. The summed E-state index contributed by atoms with van der Waals surface area (Å²) in [6.45, 7) is 19.7. The first kappa shape index (κ1) is 29.2. The second-order valence-electron chi connectivity index (χ2n) is 11.9. The van der Waals surface area contributed by atoms with E-state index in [-0.39, 0.29) is 36.2 Å². The molecule has 202 valence electrons. The van der Waals surface area contributed by atoms with Crippen LogP contribution in [0.25, 0.3) is 0 Å². The first-order chi connectivity index (χ1) is 17.7. The standard InChI is InChI=1S/C32H38O6/c1-9-15-21-25(35)32(24(34)20-16-13-12-14-17-20)27(36)31(18-10-2,26(21)38-28(37)29(4,5)6)19-22(23(33)11-3)30(32,7)8/h9-14,16-17,22-23,33H,1-3,15,18-19H2,4-8H3/t22-,23?,31+,32-/m0/s1. The first-order valence-electron chi connectivity index (χ1n) is 12.9. The van der Waals surface area contributed by atoms with Crippen molar-refractivity contribution in [1.82, 2.24) is 0 Å². The molecule has 1 aromatic rings. The van der Waals surface area contributed by atoms with Crippen molar-refractivity contribution >= 4 is 23.3 Å². The highest BCUT2D eigenvalue weighted by molar-refractivity contribution is 6.36. The van der Waals surface area contributed by atoms with Gasteiger partial charge in [-0.2, -0.15) is 0 Å². The molecule has 1 N–H and O–H groups in total. The van der Waals surface area contributed by atoms with Crippen LogP contribution in [0.1, 0.15) is 64.2 Å². The molecular formula is C32H38O6. The van der Waals surface area contributed by atoms with E-state index in [1.54, 1.807) is 65.0 Å². The molecule has 38 heavy (non-hydrogen) atoms. The summed E-state index contributed by atoms with van der Waals surface area (Å²) < 4.78 is 5.95. The third kappa shape index (κ3) is 4.06. The second kappa shape index (κ2) is 10.1. The van der Waals surface area contributed by atoms with E-state index in [4.69, 9.17) is 4.74 Å². The van der Waals surface area contributed by atoms with Crippen molar-refractivity contribution in [3.05, 3.63) is 85.2 Å². The van der Waals surface area contributed by atoms with Crippen LogP contribution in [0.5, 0.6) is 0 Å². The maximum Gasteiger partial charge on any atom is 0.316 e. The molecule has 6 nitrogen and oxygen atoms in total. The van der Waals surface area contributed by atoms with E-state index < -0.39 is 57.0 Å². The van der Waals surface area contributed by atoms with Gasteiger partial charge in [-0.15, -0.1) is 19.7 Å². The van der Waals surface area contributed by atoms with Crippen molar-refractivity contribution in [2.24, 2.45) is 27.6 Å². The lowest BCUT2D eigenvalue weighted by Gasteiger charge is -2.60. The van der Waals surface area contributed by atoms with Crippen molar-refractivity contribution in [1.29, 1.82) is 0 Å². The smallest absolute Gasteiger partial charge is 0.316 e. The Morgan fingerprint density at radius 2 is 1.71 bits per heavy atom. The van der Waals surface area contributed by atoms with E-state index in [1.165, 1.54) is 18.2 Å². The van der Waals surface area contributed by atoms with Crippen LogP contribution in [0.3, 0.4) is 0 Å². The van der Waals surface area contributed by atoms with E-state index in [2.05, 4.69) is 19.7 Å². The Morgan fingerprint density at radius 1 is 1.11 bits per heavy atom. The van der Waals surface area contributed by atoms with Gasteiger partial charge in [0.05, 0.1) is 16.9 Å². The molecule has 2 aliphatic rings. The molecule has 2 aliphatic carbocycles. The number of benzene rings is 1. The van der Waals surface area contributed by atoms with Crippen LogP contribution in [0.2, 0.25) is 0 Å². The minimum atomic E-state index is -2.18. The van der Waals surface area contributed by atoms with Gasteiger partial charge in [-0.1, -0.05) is 62.4 Å². The lowest BCUT2D eigenvalue weighted by Crippen LogP contribution is -2.71. The van der Waals surface area contributed by atoms with Crippen LogP contribution >= 0.6 is 0 Å². The lowest BCUT2D eigenvalue weighted by molar-refractivity contribution is -0.173. The van der Waals surface area contributed by atoms with Crippen LogP contribution in [0, 0.1) is 27.6 Å². The molecule has 4 atom stereocenters. The molecule has 0 aliphatic heterocycles. The molecule has 6 heteroatoms. The molecule has 0 saturated heterocycles. The molecule has 1 aromatic carbocycles. The third-order valence-corrected chi connectivity index (χ3v) is 8.24. The fourth-order valence-corrected chi connectivity index (χ4v) is 6.13. The number of hydrogen-bond donors (Lipinski definition) is 1. The molecule has 1 unspecified atom stereocenters. The number of ether oxygens (including phenoxy) is 1. The van der Waals surface area contributed by atoms with Gasteiger partial charge in [0.15, 0.2) is 22.8 Å². The summed E-state index contributed by atoms with van der Waals surface area (Å²) in [5, 5.41) is 11.1. The fourth-order valence-electron chi connectivity index (χ4n) is 6.13. The molecule has 0 aromatic heterocycles. The predicted molar refractivity (Wildman–Crippen MR) is 146 cm³/mol. The summed E-state index contributed by atoms with van der Waals surface area (Å²) in [4.78, 5) is 57.2. The molecule has 0 radical (unpaired) electrons. The van der Waals surface area contributed by atoms with Gasteiger partial charge in [0.25, 0.3) is 0 Å².